The van der Waals surface area contributed by atoms with Gasteiger partial charge in [-0.15, -0.1) is 0 Å². The molecular weight excluding hydrogens is 414 g/mol. The van der Waals surface area contributed by atoms with Gasteiger partial charge in [-0.3, -0.25) is 4.79 Å². The van der Waals surface area contributed by atoms with Gasteiger partial charge < -0.3 is 19.3 Å². The van der Waals surface area contributed by atoms with Crippen LogP contribution >= 0.6 is 0 Å². The number of amides is 1. The van der Waals surface area contributed by atoms with Crippen molar-refractivity contribution in [1.82, 2.24) is 10.2 Å². The second-order valence-electron chi connectivity index (χ2n) is 8.40. The summed E-state index contributed by atoms with van der Waals surface area (Å²) in [7, 11) is -1.57. The molecule has 0 bridgehead atoms. The lowest BCUT2D eigenvalue weighted by Gasteiger charge is -2.37. The second-order valence-corrected chi connectivity index (χ2v) is 9.98. The number of para-hydroxylation sites is 1. The van der Waals surface area contributed by atoms with Gasteiger partial charge in [0.25, 0.3) is 5.91 Å². The Morgan fingerprint density at radius 1 is 1.06 bits per heavy atom. The zero-order chi connectivity index (χ0) is 22.0. The van der Waals surface area contributed by atoms with Gasteiger partial charge in [-0.05, 0) is 55.6 Å². The third-order valence-corrected chi connectivity index (χ3v) is 6.50. The van der Waals surface area contributed by atoms with Crippen LogP contribution in [0.5, 0.6) is 5.75 Å². The van der Waals surface area contributed by atoms with Gasteiger partial charge >= 0.3 is 10.1 Å². The minimum atomic E-state index is -3.72. The van der Waals surface area contributed by atoms with E-state index in [-0.39, 0.29) is 23.3 Å². The summed E-state index contributed by atoms with van der Waals surface area (Å²) >= 11 is 0. The molecule has 1 heterocycles. The van der Waals surface area contributed by atoms with Gasteiger partial charge in [-0.2, -0.15) is 8.42 Å². The highest BCUT2D eigenvalue weighted by Crippen LogP contribution is 2.31. The number of nitrogens with one attached hydrogen (secondary N) is 1. The Balaban J connectivity index is 1.51. The van der Waals surface area contributed by atoms with Crippen LogP contribution in [0.3, 0.4) is 0 Å². The summed E-state index contributed by atoms with van der Waals surface area (Å²) in [6.45, 7) is 4.09. The molecule has 0 saturated carbocycles. The van der Waals surface area contributed by atoms with Gasteiger partial charge in [0.05, 0.1) is 11.8 Å². The van der Waals surface area contributed by atoms with Crippen molar-refractivity contribution < 1.29 is 17.4 Å². The summed E-state index contributed by atoms with van der Waals surface area (Å²) < 4.78 is 28.1. The molecule has 1 amide bonds. The van der Waals surface area contributed by atoms with E-state index in [9.17, 15) is 13.2 Å². The van der Waals surface area contributed by atoms with Gasteiger partial charge in [-0.25, -0.2) is 0 Å². The lowest BCUT2D eigenvalue weighted by molar-refractivity contribution is 0.0932. The second kappa shape index (κ2) is 8.88. The highest BCUT2D eigenvalue weighted by molar-refractivity contribution is 7.86. The quantitative estimate of drug-likeness (QED) is 0.713. The van der Waals surface area contributed by atoms with Crippen LogP contribution in [0.2, 0.25) is 0 Å². The summed E-state index contributed by atoms with van der Waals surface area (Å²) in [4.78, 5) is 17.7. The normalized spacial score (nSPS) is 19.5. The number of likely N-dealkylation sites (N-methyl/N-ethyl adjacent to an activating group) is 1. The number of hydrogen-bond donors (Lipinski definition) is 1. The predicted molar refractivity (Wildman–Crippen MR) is 121 cm³/mol. The van der Waals surface area contributed by atoms with Crippen LogP contribution in [0.4, 0.5) is 5.69 Å². The van der Waals surface area contributed by atoms with Crippen LogP contribution in [0, 0.1) is 0 Å². The number of rotatable bonds is 5. The van der Waals surface area contributed by atoms with Crippen molar-refractivity contribution in [2.24, 2.45) is 0 Å². The maximum atomic E-state index is 13.0. The Kier molecular flexibility index (Phi) is 6.20. The molecule has 0 aromatic heterocycles. The van der Waals surface area contributed by atoms with Crippen LogP contribution in [0.25, 0.3) is 0 Å². The van der Waals surface area contributed by atoms with E-state index in [1.807, 2.05) is 0 Å². The topological polar surface area (TPSA) is 79.0 Å². The Morgan fingerprint density at radius 2 is 1.81 bits per heavy atom. The summed E-state index contributed by atoms with van der Waals surface area (Å²) in [6, 6.07) is 12.9. The van der Waals surface area contributed by atoms with Crippen molar-refractivity contribution in [3.8, 4) is 5.75 Å². The predicted octanol–water partition coefficient (Wildman–Crippen LogP) is 2.06. The lowest BCUT2D eigenvalue weighted by atomic mass is 9.86. The highest BCUT2D eigenvalue weighted by Gasteiger charge is 2.26. The number of fused-ring (bicyclic) bond motifs is 1. The van der Waals surface area contributed by atoms with E-state index in [2.05, 4.69) is 40.4 Å². The molecule has 0 radical (unpaired) electrons. The van der Waals surface area contributed by atoms with Crippen molar-refractivity contribution in [3.63, 3.8) is 0 Å². The summed E-state index contributed by atoms with van der Waals surface area (Å²) in [5.41, 5.74) is 4.16. The number of carbonyl (C=O) groups excluding carboxylic acids is 1. The van der Waals surface area contributed by atoms with Crippen molar-refractivity contribution >= 4 is 21.7 Å². The molecule has 7 nitrogen and oxygen atoms in total. The third kappa shape index (κ3) is 5.19. The first kappa shape index (κ1) is 21.6. The standard InChI is InChI=1S/C23H29N3O4S/c1-25-12-14-26(15-13-25)21-8-5-6-17-10-11-18(16-20(17)21)24-23(27)19-7-3-4-9-22(19)30-31(2,28)29/h3-9,18H,10-16H2,1-2H3,(H,24,27)/t18-/m1/s1. The molecule has 1 N–H and O–H groups in total. The van der Waals surface area contributed by atoms with Gasteiger partial charge in [0.15, 0.2) is 5.75 Å². The molecule has 1 fully saturated rings. The molecule has 0 unspecified atom stereocenters. The number of nitrogens with zero attached hydrogens (tertiary/aromatic N) is 2. The average molecular weight is 444 g/mol. The fourth-order valence-electron chi connectivity index (χ4n) is 4.39. The Morgan fingerprint density at radius 3 is 2.55 bits per heavy atom. The fraction of sp³-hybridized carbons (Fsp3) is 0.435. The number of aryl methyl sites for hydroxylation is 1. The Labute approximate surface area is 184 Å². The monoisotopic (exact) mass is 443 g/mol. The highest BCUT2D eigenvalue weighted by atomic mass is 32.2. The van der Waals surface area contributed by atoms with E-state index in [1.54, 1.807) is 18.2 Å². The molecule has 1 atom stereocenters. The Bertz CT molecular complexity index is 1060. The zero-order valence-corrected chi connectivity index (χ0v) is 18.8. The van der Waals surface area contributed by atoms with Crippen LogP contribution in [0.1, 0.15) is 27.9 Å². The van der Waals surface area contributed by atoms with Gasteiger partial charge in [-0.1, -0.05) is 24.3 Å². The van der Waals surface area contributed by atoms with Gasteiger partial charge in [0.2, 0.25) is 0 Å². The molecule has 4 rings (SSSR count). The smallest absolute Gasteiger partial charge is 0.306 e. The molecule has 2 aromatic carbocycles. The summed E-state index contributed by atoms with van der Waals surface area (Å²) in [5, 5.41) is 3.10. The van der Waals surface area contributed by atoms with Crippen molar-refractivity contribution in [2.45, 2.75) is 25.3 Å². The average Bonchev–Trinajstić information content (AvgIpc) is 2.73. The molecule has 1 aliphatic heterocycles. The van der Waals surface area contributed by atoms with Crippen LogP contribution in [-0.4, -0.2) is 64.7 Å². The minimum absolute atomic E-state index is 0.0140. The molecule has 2 aromatic rings. The molecule has 31 heavy (non-hydrogen) atoms. The van der Waals surface area contributed by atoms with Crippen molar-refractivity contribution in [3.05, 3.63) is 59.2 Å². The zero-order valence-electron chi connectivity index (χ0n) is 18.0. The van der Waals surface area contributed by atoms with Crippen LogP contribution in [0.15, 0.2) is 42.5 Å². The van der Waals surface area contributed by atoms with Crippen LogP contribution in [-0.2, 0) is 23.0 Å². The van der Waals surface area contributed by atoms with Gasteiger partial charge in [0.1, 0.15) is 0 Å². The van der Waals surface area contributed by atoms with E-state index < -0.39 is 10.1 Å². The molecule has 2 aliphatic rings. The van der Waals surface area contributed by atoms with E-state index in [0.717, 1.165) is 51.7 Å². The van der Waals surface area contributed by atoms with E-state index in [1.165, 1.54) is 22.9 Å². The fourth-order valence-corrected chi connectivity index (χ4v) is 4.86. The molecule has 1 aliphatic carbocycles. The molecular formula is C23H29N3O4S. The lowest BCUT2D eigenvalue weighted by Crippen LogP contribution is -2.45. The molecule has 166 valence electrons. The van der Waals surface area contributed by atoms with E-state index in [0.29, 0.717) is 0 Å². The van der Waals surface area contributed by atoms with Crippen molar-refractivity contribution in [1.29, 1.82) is 0 Å². The van der Waals surface area contributed by atoms with Gasteiger partial charge in [0, 0.05) is 37.9 Å². The summed E-state index contributed by atoms with van der Waals surface area (Å²) in [5.74, 6) is -0.262. The van der Waals surface area contributed by atoms with E-state index in [4.69, 9.17) is 4.18 Å². The molecule has 8 heteroatoms. The number of anilines is 1. The molecule has 1 saturated heterocycles. The SMILES string of the molecule is CN1CCN(c2cccc3c2C[C@H](NC(=O)c2ccccc2OS(C)(=O)=O)CC3)CC1. The number of benzene rings is 2. The molecule has 0 spiro atoms. The van der Waals surface area contributed by atoms with Crippen molar-refractivity contribution in [2.75, 3.05) is 44.4 Å². The first-order chi connectivity index (χ1) is 14.8. The number of carbonyl (C=O) groups is 1. The third-order valence-electron chi connectivity index (χ3n) is 6.01. The van der Waals surface area contributed by atoms with Crippen LogP contribution < -0.4 is 14.4 Å². The maximum absolute atomic E-state index is 13.0. The largest absolute Gasteiger partial charge is 0.382 e. The minimum Gasteiger partial charge on any atom is -0.382 e. The van der Waals surface area contributed by atoms with E-state index >= 15 is 0 Å². The number of hydrogen-bond acceptors (Lipinski definition) is 6. The first-order valence-corrected chi connectivity index (χ1v) is 12.5. The Hall–Kier alpha value is -2.58. The number of piperazine rings is 1. The maximum Gasteiger partial charge on any atom is 0.306 e. The first-order valence-electron chi connectivity index (χ1n) is 10.6. The summed E-state index contributed by atoms with van der Waals surface area (Å²) in [6.07, 6.45) is 3.49.